The normalized spacial score (nSPS) is 26.5. The van der Waals surface area contributed by atoms with Crippen LogP contribution in [0.1, 0.15) is 25.7 Å². The van der Waals surface area contributed by atoms with E-state index in [1.165, 1.54) is 25.7 Å². The molecular formula is C16H24N6O. The van der Waals surface area contributed by atoms with Crippen molar-refractivity contribution in [2.75, 3.05) is 31.6 Å². The van der Waals surface area contributed by atoms with Crippen LogP contribution >= 0.6 is 0 Å². The van der Waals surface area contributed by atoms with Crippen molar-refractivity contribution < 1.29 is 4.74 Å². The van der Waals surface area contributed by atoms with Crippen LogP contribution in [0.5, 0.6) is 0 Å². The number of hydrogen-bond donors (Lipinski definition) is 1. The molecule has 0 aromatic carbocycles. The van der Waals surface area contributed by atoms with Gasteiger partial charge >= 0.3 is 0 Å². The minimum absolute atomic E-state index is 0.486. The minimum Gasteiger partial charge on any atom is -0.379 e. The quantitative estimate of drug-likeness (QED) is 0.924. The number of aromatic nitrogens is 4. The molecule has 1 aliphatic heterocycles. The predicted octanol–water partition coefficient (Wildman–Crippen LogP) is 1.42. The average Bonchev–Trinajstić information content (AvgIpc) is 2.99. The van der Waals surface area contributed by atoms with Gasteiger partial charge in [-0.2, -0.15) is 5.10 Å². The molecule has 3 heterocycles. The van der Waals surface area contributed by atoms with Gasteiger partial charge in [0, 0.05) is 32.2 Å². The third-order valence-corrected chi connectivity index (χ3v) is 5.13. The third kappa shape index (κ3) is 3.03. The lowest BCUT2D eigenvalue weighted by molar-refractivity contribution is 0.00791. The first-order chi connectivity index (χ1) is 11.3. The lowest BCUT2D eigenvalue weighted by atomic mass is 9.90. The number of nitrogens with one attached hydrogen (secondary N) is 1. The molecule has 1 N–H and O–H groups in total. The minimum atomic E-state index is 0.486. The molecule has 7 heteroatoms. The summed E-state index contributed by atoms with van der Waals surface area (Å²) < 4.78 is 7.30. The second kappa shape index (κ2) is 6.41. The fourth-order valence-corrected chi connectivity index (χ4v) is 3.83. The van der Waals surface area contributed by atoms with Crippen LogP contribution in [0, 0.1) is 0 Å². The van der Waals surface area contributed by atoms with Crippen LogP contribution in [0.3, 0.4) is 0 Å². The molecule has 0 radical (unpaired) electrons. The smallest absolute Gasteiger partial charge is 0.155 e. The molecule has 1 saturated heterocycles. The summed E-state index contributed by atoms with van der Waals surface area (Å²) >= 11 is 0. The van der Waals surface area contributed by atoms with Crippen molar-refractivity contribution in [1.82, 2.24) is 24.6 Å². The van der Waals surface area contributed by atoms with E-state index in [9.17, 15) is 0 Å². The van der Waals surface area contributed by atoms with Gasteiger partial charge in [0.25, 0.3) is 0 Å². The summed E-state index contributed by atoms with van der Waals surface area (Å²) in [7, 11) is 1.94. The Morgan fingerprint density at radius 3 is 2.70 bits per heavy atom. The molecule has 2 aromatic rings. The second-order valence-electron chi connectivity index (χ2n) is 6.52. The molecule has 0 unspecified atom stereocenters. The first kappa shape index (κ1) is 14.8. The second-order valence-corrected chi connectivity index (χ2v) is 6.52. The monoisotopic (exact) mass is 316 g/mol. The van der Waals surface area contributed by atoms with E-state index in [2.05, 4.69) is 25.3 Å². The Morgan fingerprint density at radius 1 is 1.13 bits per heavy atom. The van der Waals surface area contributed by atoms with Crippen LogP contribution in [0.4, 0.5) is 5.82 Å². The fraction of sp³-hybridized carbons (Fsp3) is 0.688. The van der Waals surface area contributed by atoms with Gasteiger partial charge in [0.05, 0.1) is 19.4 Å². The van der Waals surface area contributed by atoms with Gasteiger partial charge in [-0.05, 0) is 25.7 Å². The molecule has 2 aromatic heterocycles. The van der Waals surface area contributed by atoms with Gasteiger partial charge in [0.1, 0.15) is 17.4 Å². The zero-order valence-electron chi connectivity index (χ0n) is 13.6. The lowest BCUT2D eigenvalue weighted by Gasteiger charge is -2.39. The van der Waals surface area contributed by atoms with E-state index in [0.717, 1.165) is 49.2 Å². The highest BCUT2D eigenvalue weighted by Crippen LogP contribution is 2.27. The predicted molar refractivity (Wildman–Crippen MR) is 88.4 cm³/mol. The lowest BCUT2D eigenvalue weighted by Crippen LogP contribution is -2.46. The summed E-state index contributed by atoms with van der Waals surface area (Å²) in [6.07, 6.45) is 8.27. The molecule has 23 heavy (non-hydrogen) atoms. The van der Waals surface area contributed by atoms with Gasteiger partial charge in [-0.15, -0.1) is 0 Å². The molecule has 0 atom stereocenters. The van der Waals surface area contributed by atoms with E-state index in [-0.39, 0.29) is 0 Å². The van der Waals surface area contributed by atoms with Crippen LogP contribution in [0.15, 0.2) is 12.5 Å². The maximum Gasteiger partial charge on any atom is 0.155 e. The van der Waals surface area contributed by atoms with Crippen molar-refractivity contribution in [3.63, 3.8) is 0 Å². The first-order valence-electron chi connectivity index (χ1n) is 8.52. The highest BCUT2D eigenvalue weighted by atomic mass is 16.5. The van der Waals surface area contributed by atoms with Crippen LogP contribution in [-0.4, -0.2) is 63.0 Å². The van der Waals surface area contributed by atoms with Gasteiger partial charge < -0.3 is 10.1 Å². The molecule has 0 bridgehead atoms. The highest BCUT2D eigenvalue weighted by molar-refractivity contribution is 5.84. The van der Waals surface area contributed by atoms with Crippen LogP contribution in [-0.2, 0) is 11.8 Å². The van der Waals surface area contributed by atoms with Crippen LogP contribution in [0.2, 0.25) is 0 Å². The van der Waals surface area contributed by atoms with Crippen molar-refractivity contribution in [2.24, 2.45) is 7.05 Å². The van der Waals surface area contributed by atoms with Gasteiger partial charge in [-0.1, -0.05) is 0 Å². The molecule has 124 valence electrons. The number of fused-ring (bicyclic) bond motifs is 1. The van der Waals surface area contributed by atoms with Crippen molar-refractivity contribution >= 4 is 16.9 Å². The Kier molecular flexibility index (Phi) is 4.13. The standard InChI is InChI=1S/C16H24N6O/c1-21-15-14(10-19-21)17-11-18-16(15)20-12-2-4-13(5-3-12)22-6-8-23-9-7-22/h10-13H,2-9H2,1H3,(H,17,18,20)/t12-,13-. The molecule has 2 aliphatic rings. The summed E-state index contributed by atoms with van der Waals surface area (Å²) in [5.41, 5.74) is 1.88. The Hall–Kier alpha value is -1.73. The zero-order valence-corrected chi connectivity index (χ0v) is 13.6. The third-order valence-electron chi connectivity index (χ3n) is 5.13. The fourth-order valence-electron chi connectivity index (χ4n) is 3.83. The topological polar surface area (TPSA) is 68.1 Å². The Balaban J connectivity index is 1.40. The Morgan fingerprint density at radius 2 is 1.91 bits per heavy atom. The van der Waals surface area contributed by atoms with Crippen molar-refractivity contribution in [2.45, 2.75) is 37.8 Å². The van der Waals surface area contributed by atoms with E-state index in [4.69, 9.17) is 4.74 Å². The Bertz CT molecular complexity index is 658. The number of morpholine rings is 1. The summed E-state index contributed by atoms with van der Waals surface area (Å²) in [4.78, 5) is 11.3. The van der Waals surface area contributed by atoms with Gasteiger partial charge in [0.2, 0.25) is 0 Å². The number of rotatable bonds is 3. The van der Waals surface area contributed by atoms with Gasteiger partial charge in [-0.3, -0.25) is 9.58 Å². The molecule has 4 rings (SSSR count). The van der Waals surface area contributed by atoms with E-state index < -0.39 is 0 Å². The van der Waals surface area contributed by atoms with E-state index in [1.54, 1.807) is 12.5 Å². The maximum absolute atomic E-state index is 5.46. The first-order valence-corrected chi connectivity index (χ1v) is 8.52. The summed E-state index contributed by atoms with van der Waals surface area (Å²) in [6.45, 7) is 3.95. The number of nitrogens with zero attached hydrogens (tertiary/aromatic N) is 5. The van der Waals surface area contributed by atoms with Crippen molar-refractivity contribution in [1.29, 1.82) is 0 Å². The SMILES string of the molecule is Cn1ncc2ncnc(N[C@H]3CC[C@H](N4CCOCC4)CC3)c21. The van der Waals surface area contributed by atoms with Crippen LogP contribution < -0.4 is 5.32 Å². The molecule has 1 saturated carbocycles. The van der Waals surface area contributed by atoms with Gasteiger partial charge in [-0.25, -0.2) is 9.97 Å². The average molecular weight is 316 g/mol. The number of ether oxygens (including phenoxy) is 1. The molecule has 1 aliphatic carbocycles. The number of anilines is 1. The van der Waals surface area contributed by atoms with E-state index in [1.807, 2.05) is 11.7 Å². The number of hydrogen-bond acceptors (Lipinski definition) is 6. The Labute approximate surface area is 136 Å². The molecule has 0 amide bonds. The maximum atomic E-state index is 5.46. The largest absolute Gasteiger partial charge is 0.379 e. The zero-order chi connectivity index (χ0) is 15.6. The molecular weight excluding hydrogens is 292 g/mol. The van der Waals surface area contributed by atoms with Crippen LogP contribution in [0.25, 0.3) is 11.0 Å². The van der Waals surface area contributed by atoms with Crippen molar-refractivity contribution in [3.8, 4) is 0 Å². The summed E-state index contributed by atoms with van der Waals surface area (Å²) in [5, 5.41) is 7.90. The summed E-state index contributed by atoms with van der Waals surface area (Å²) in [5.74, 6) is 0.907. The van der Waals surface area contributed by atoms with Crippen molar-refractivity contribution in [3.05, 3.63) is 12.5 Å². The summed E-state index contributed by atoms with van der Waals surface area (Å²) in [6, 6.07) is 1.21. The number of aryl methyl sites for hydroxylation is 1. The molecule has 0 spiro atoms. The highest BCUT2D eigenvalue weighted by Gasteiger charge is 2.27. The molecule has 7 nitrogen and oxygen atoms in total. The van der Waals surface area contributed by atoms with Gasteiger partial charge in [0.15, 0.2) is 5.82 Å². The van der Waals surface area contributed by atoms with E-state index in [0.29, 0.717) is 6.04 Å². The van der Waals surface area contributed by atoms with E-state index >= 15 is 0 Å². The molecule has 2 fully saturated rings.